The first-order valence-corrected chi connectivity index (χ1v) is 10.7. The van der Waals surface area contributed by atoms with E-state index in [0.717, 1.165) is 43.3 Å². The summed E-state index contributed by atoms with van der Waals surface area (Å²) in [4.78, 5) is 11.6. The van der Waals surface area contributed by atoms with E-state index in [4.69, 9.17) is 9.72 Å². The SMILES string of the molecule is CCOc1ccc(-c2c(C)sc3nc(C)nc(Nc4cccc(Br)c4)c23)cc1. The minimum Gasteiger partial charge on any atom is -0.494 e. The summed E-state index contributed by atoms with van der Waals surface area (Å²) in [5.74, 6) is 2.46. The number of nitrogens with zero attached hydrogens (tertiary/aromatic N) is 2. The lowest BCUT2D eigenvalue weighted by Gasteiger charge is -2.11. The summed E-state index contributed by atoms with van der Waals surface area (Å²) in [5.41, 5.74) is 3.28. The van der Waals surface area contributed by atoms with Crippen LogP contribution in [0.4, 0.5) is 11.5 Å². The fourth-order valence-corrected chi connectivity index (χ4v) is 4.73. The Kier molecular flexibility index (Phi) is 5.33. The van der Waals surface area contributed by atoms with E-state index in [1.165, 1.54) is 10.4 Å². The predicted molar refractivity (Wildman–Crippen MR) is 121 cm³/mol. The standard InChI is InChI=1S/C22H20BrN3OS/c1-4-27-18-10-8-15(9-11-18)19-13(2)28-22-20(19)21(24-14(3)25-22)26-17-7-5-6-16(23)12-17/h5-12H,4H2,1-3H3,(H,24,25,26). The first kappa shape index (κ1) is 18.9. The van der Waals surface area contributed by atoms with Crippen molar-refractivity contribution >= 4 is 49.0 Å². The highest BCUT2D eigenvalue weighted by Crippen LogP contribution is 2.41. The molecule has 0 aliphatic carbocycles. The molecule has 6 heteroatoms. The van der Waals surface area contributed by atoms with Crippen molar-refractivity contribution in [3.05, 3.63) is 63.7 Å². The number of rotatable bonds is 5. The lowest BCUT2D eigenvalue weighted by atomic mass is 10.0. The average Bonchev–Trinajstić information content (AvgIpc) is 2.98. The molecule has 0 spiro atoms. The number of fused-ring (bicyclic) bond motifs is 1. The molecule has 4 rings (SSSR count). The van der Waals surface area contributed by atoms with Crippen LogP contribution >= 0.6 is 27.3 Å². The monoisotopic (exact) mass is 453 g/mol. The molecular formula is C22H20BrN3OS. The third kappa shape index (κ3) is 3.75. The van der Waals surface area contributed by atoms with Crippen molar-refractivity contribution in [3.8, 4) is 16.9 Å². The topological polar surface area (TPSA) is 47.0 Å². The molecule has 0 aliphatic rings. The maximum atomic E-state index is 5.59. The molecule has 2 aromatic carbocycles. The molecule has 1 N–H and O–H groups in total. The third-order valence-corrected chi connectivity index (χ3v) is 5.87. The molecule has 0 saturated heterocycles. The Morgan fingerprint density at radius 3 is 2.57 bits per heavy atom. The Labute approximate surface area is 176 Å². The molecule has 0 atom stereocenters. The van der Waals surface area contributed by atoms with Gasteiger partial charge in [0.2, 0.25) is 0 Å². The number of benzene rings is 2. The Morgan fingerprint density at radius 1 is 1.07 bits per heavy atom. The first-order chi connectivity index (χ1) is 13.5. The van der Waals surface area contributed by atoms with E-state index in [2.05, 4.69) is 45.3 Å². The largest absolute Gasteiger partial charge is 0.494 e. The van der Waals surface area contributed by atoms with Crippen molar-refractivity contribution in [2.45, 2.75) is 20.8 Å². The van der Waals surface area contributed by atoms with Crippen molar-refractivity contribution in [1.29, 1.82) is 0 Å². The summed E-state index contributed by atoms with van der Waals surface area (Å²) in [5, 5.41) is 4.54. The molecule has 2 heterocycles. The summed E-state index contributed by atoms with van der Waals surface area (Å²) >= 11 is 5.23. The van der Waals surface area contributed by atoms with Crippen LogP contribution < -0.4 is 10.1 Å². The van der Waals surface area contributed by atoms with E-state index in [1.54, 1.807) is 11.3 Å². The quantitative estimate of drug-likeness (QED) is 0.357. The number of thiophene rings is 1. The average molecular weight is 454 g/mol. The Bertz CT molecular complexity index is 1140. The summed E-state index contributed by atoms with van der Waals surface area (Å²) in [6.45, 7) is 6.71. The van der Waals surface area contributed by atoms with Crippen molar-refractivity contribution in [2.75, 3.05) is 11.9 Å². The Hall–Kier alpha value is -2.44. The van der Waals surface area contributed by atoms with Crippen LogP contribution in [-0.4, -0.2) is 16.6 Å². The van der Waals surface area contributed by atoms with Gasteiger partial charge in [0, 0.05) is 20.6 Å². The lowest BCUT2D eigenvalue weighted by Crippen LogP contribution is -1.98. The predicted octanol–water partition coefficient (Wildman–Crippen LogP) is 6.88. The molecule has 0 aliphatic heterocycles. The third-order valence-electron chi connectivity index (χ3n) is 4.38. The van der Waals surface area contributed by atoms with Crippen molar-refractivity contribution in [3.63, 3.8) is 0 Å². The molecule has 142 valence electrons. The number of hydrogen-bond acceptors (Lipinski definition) is 5. The summed E-state index contributed by atoms with van der Waals surface area (Å²) in [6.07, 6.45) is 0. The number of nitrogens with one attached hydrogen (secondary N) is 1. The van der Waals surface area contributed by atoms with E-state index < -0.39 is 0 Å². The molecule has 4 aromatic rings. The number of ether oxygens (including phenoxy) is 1. The van der Waals surface area contributed by atoms with Crippen molar-refractivity contribution in [1.82, 2.24) is 9.97 Å². The number of aromatic nitrogens is 2. The number of hydrogen-bond donors (Lipinski definition) is 1. The smallest absolute Gasteiger partial charge is 0.143 e. The molecule has 0 fully saturated rings. The van der Waals surface area contributed by atoms with Gasteiger partial charge in [-0.15, -0.1) is 11.3 Å². The van der Waals surface area contributed by atoms with Crippen LogP contribution in [0.5, 0.6) is 5.75 Å². The second-order valence-corrected chi connectivity index (χ2v) is 8.54. The fraction of sp³-hybridized carbons (Fsp3) is 0.182. The minimum atomic E-state index is 0.660. The molecule has 0 amide bonds. The Morgan fingerprint density at radius 2 is 1.86 bits per heavy atom. The molecule has 28 heavy (non-hydrogen) atoms. The highest BCUT2D eigenvalue weighted by Gasteiger charge is 2.18. The van der Waals surface area contributed by atoms with E-state index in [-0.39, 0.29) is 0 Å². The maximum Gasteiger partial charge on any atom is 0.143 e. The molecular weight excluding hydrogens is 434 g/mol. The van der Waals surface area contributed by atoms with E-state index in [9.17, 15) is 0 Å². The van der Waals surface area contributed by atoms with Crippen LogP contribution in [-0.2, 0) is 0 Å². The van der Waals surface area contributed by atoms with Gasteiger partial charge in [0.1, 0.15) is 22.2 Å². The van der Waals surface area contributed by atoms with Gasteiger partial charge in [-0.3, -0.25) is 0 Å². The molecule has 0 unspecified atom stereocenters. The van der Waals surface area contributed by atoms with Gasteiger partial charge >= 0.3 is 0 Å². The lowest BCUT2D eigenvalue weighted by molar-refractivity contribution is 0.340. The molecule has 0 radical (unpaired) electrons. The first-order valence-electron chi connectivity index (χ1n) is 9.08. The van der Waals surface area contributed by atoms with Gasteiger partial charge in [0.05, 0.1) is 12.0 Å². The van der Waals surface area contributed by atoms with Crippen LogP contribution in [0, 0.1) is 13.8 Å². The number of anilines is 2. The van der Waals surface area contributed by atoms with E-state index >= 15 is 0 Å². The zero-order valence-corrected chi connectivity index (χ0v) is 18.3. The van der Waals surface area contributed by atoms with Gasteiger partial charge in [0.15, 0.2) is 0 Å². The van der Waals surface area contributed by atoms with Gasteiger partial charge in [-0.05, 0) is 56.7 Å². The van der Waals surface area contributed by atoms with Gasteiger partial charge in [-0.2, -0.15) is 0 Å². The van der Waals surface area contributed by atoms with Gasteiger partial charge in [-0.1, -0.05) is 34.1 Å². The minimum absolute atomic E-state index is 0.660. The van der Waals surface area contributed by atoms with Crippen molar-refractivity contribution in [2.24, 2.45) is 0 Å². The fourth-order valence-electron chi connectivity index (χ4n) is 3.24. The van der Waals surface area contributed by atoms with Crippen LogP contribution in [0.15, 0.2) is 53.0 Å². The molecule has 4 nitrogen and oxygen atoms in total. The van der Waals surface area contributed by atoms with Gasteiger partial charge < -0.3 is 10.1 Å². The summed E-state index contributed by atoms with van der Waals surface area (Å²) < 4.78 is 6.61. The van der Waals surface area contributed by atoms with Gasteiger partial charge in [0.25, 0.3) is 0 Å². The normalized spacial score (nSPS) is 11.0. The number of halogens is 1. The maximum absolute atomic E-state index is 5.59. The highest BCUT2D eigenvalue weighted by atomic mass is 79.9. The highest BCUT2D eigenvalue weighted by molar-refractivity contribution is 9.10. The van der Waals surface area contributed by atoms with Crippen molar-refractivity contribution < 1.29 is 4.74 Å². The van der Waals surface area contributed by atoms with Crippen LogP contribution in [0.2, 0.25) is 0 Å². The van der Waals surface area contributed by atoms with Crippen LogP contribution in [0.25, 0.3) is 21.3 Å². The summed E-state index contributed by atoms with van der Waals surface area (Å²) in [6, 6.07) is 16.3. The Balaban J connectivity index is 1.86. The second kappa shape index (κ2) is 7.89. The van der Waals surface area contributed by atoms with E-state index in [0.29, 0.717) is 6.61 Å². The molecule has 0 saturated carbocycles. The molecule has 2 aromatic heterocycles. The summed E-state index contributed by atoms with van der Waals surface area (Å²) in [7, 11) is 0. The van der Waals surface area contributed by atoms with Crippen LogP contribution in [0.1, 0.15) is 17.6 Å². The van der Waals surface area contributed by atoms with E-state index in [1.807, 2.05) is 50.2 Å². The zero-order chi connectivity index (χ0) is 19.7. The number of aryl methyl sites for hydroxylation is 2. The van der Waals surface area contributed by atoms with Crippen LogP contribution in [0.3, 0.4) is 0 Å². The van der Waals surface area contributed by atoms with Gasteiger partial charge in [-0.25, -0.2) is 9.97 Å². The second-order valence-electron chi connectivity index (χ2n) is 6.43. The zero-order valence-electron chi connectivity index (χ0n) is 15.9. The molecule has 0 bridgehead atoms.